The van der Waals surface area contributed by atoms with Crippen molar-refractivity contribution in [2.24, 2.45) is 46.3 Å². The van der Waals surface area contributed by atoms with Gasteiger partial charge in [-0.25, -0.2) is 0 Å². The van der Waals surface area contributed by atoms with Crippen molar-refractivity contribution in [3.05, 3.63) is 11.6 Å². The molecule has 0 spiro atoms. The Kier molecular flexibility index (Phi) is 6.66. The molecule has 3 saturated carbocycles. The molecular weight excluding hydrogens is 400 g/mol. The maximum atomic E-state index is 12.3. The van der Waals surface area contributed by atoms with E-state index >= 15 is 0 Å². The molecule has 4 aliphatic carbocycles. The van der Waals surface area contributed by atoms with Crippen molar-refractivity contribution >= 4 is 11.8 Å². The molecule has 4 unspecified atom stereocenters. The van der Waals surface area contributed by atoms with Gasteiger partial charge in [-0.3, -0.25) is 9.59 Å². The summed E-state index contributed by atoms with van der Waals surface area (Å²) >= 11 is 0. The van der Waals surface area contributed by atoms with Crippen molar-refractivity contribution in [1.82, 2.24) is 0 Å². The van der Waals surface area contributed by atoms with Gasteiger partial charge >= 0.3 is 5.97 Å². The Balaban J connectivity index is 1.58. The van der Waals surface area contributed by atoms with Gasteiger partial charge in [0.1, 0.15) is 0 Å². The number of esters is 1. The van der Waals surface area contributed by atoms with Crippen molar-refractivity contribution in [2.45, 2.75) is 98.5 Å². The van der Waals surface area contributed by atoms with Crippen molar-refractivity contribution in [2.75, 3.05) is 6.61 Å². The molecule has 0 aromatic heterocycles. The lowest BCUT2D eigenvalue weighted by molar-refractivity contribution is -0.144. The van der Waals surface area contributed by atoms with Crippen molar-refractivity contribution in [1.29, 1.82) is 0 Å². The highest BCUT2D eigenvalue weighted by molar-refractivity contribution is 5.91. The molecule has 4 nitrogen and oxygen atoms in total. The van der Waals surface area contributed by atoms with Crippen LogP contribution < -0.4 is 0 Å². The normalized spacial score (nSPS) is 44.2. The maximum Gasteiger partial charge on any atom is 0.305 e. The first-order valence-corrected chi connectivity index (χ1v) is 13.3. The number of rotatable bonds is 6. The average molecular weight is 445 g/mol. The van der Waals surface area contributed by atoms with Crippen LogP contribution in [0, 0.1) is 46.3 Å². The predicted molar refractivity (Wildman–Crippen MR) is 126 cm³/mol. The molecule has 4 aliphatic rings. The molecule has 0 radical (unpaired) electrons. The highest BCUT2D eigenvalue weighted by atomic mass is 16.5. The summed E-state index contributed by atoms with van der Waals surface area (Å²) in [6.45, 7) is 11.7. The molecule has 0 aromatic carbocycles. The van der Waals surface area contributed by atoms with Crippen LogP contribution in [0.3, 0.4) is 0 Å². The second-order valence-corrected chi connectivity index (χ2v) is 11.8. The molecule has 0 heterocycles. The second-order valence-electron chi connectivity index (χ2n) is 11.8. The molecule has 0 aliphatic heterocycles. The van der Waals surface area contributed by atoms with Crippen LogP contribution in [0.1, 0.15) is 92.4 Å². The van der Waals surface area contributed by atoms with Crippen LogP contribution in [-0.4, -0.2) is 29.6 Å². The Morgan fingerprint density at radius 2 is 1.94 bits per heavy atom. The monoisotopic (exact) mass is 444 g/mol. The first-order chi connectivity index (χ1) is 15.2. The minimum Gasteiger partial charge on any atom is -0.466 e. The summed E-state index contributed by atoms with van der Waals surface area (Å²) in [5.41, 5.74) is 1.55. The van der Waals surface area contributed by atoms with Gasteiger partial charge in [0.15, 0.2) is 5.78 Å². The fourth-order valence-corrected chi connectivity index (χ4v) is 8.95. The predicted octanol–water partition coefficient (Wildman–Crippen LogP) is 5.72. The van der Waals surface area contributed by atoms with Crippen LogP contribution in [-0.2, 0) is 14.3 Å². The van der Waals surface area contributed by atoms with E-state index in [0.717, 1.165) is 25.7 Å². The summed E-state index contributed by atoms with van der Waals surface area (Å²) in [7, 11) is 0. The Bertz CT molecular complexity index is 771. The third-order valence-electron chi connectivity index (χ3n) is 10.5. The molecule has 9 atom stereocenters. The van der Waals surface area contributed by atoms with Gasteiger partial charge in [-0.05, 0) is 98.4 Å². The quantitative estimate of drug-likeness (QED) is 0.532. The summed E-state index contributed by atoms with van der Waals surface area (Å²) in [6.07, 6.45) is 10.2. The molecule has 0 bridgehead atoms. The van der Waals surface area contributed by atoms with E-state index in [1.165, 1.54) is 24.8 Å². The molecule has 4 heteroatoms. The second kappa shape index (κ2) is 8.89. The zero-order chi connectivity index (χ0) is 23.3. The molecule has 32 heavy (non-hydrogen) atoms. The molecule has 0 aromatic rings. The lowest BCUT2D eigenvalue weighted by Gasteiger charge is -2.62. The van der Waals surface area contributed by atoms with Gasteiger partial charge in [0.05, 0.1) is 12.7 Å². The van der Waals surface area contributed by atoms with Crippen LogP contribution in [0.2, 0.25) is 0 Å². The number of fused-ring (bicyclic) bond motifs is 5. The third-order valence-corrected chi connectivity index (χ3v) is 10.5. The molecule has 1 N–H and O–H groups in total. The number of ketones is 1. The van der Waals surface area contributed by atoms with E-state index in [2.05, 4.69) is 27.7 Å². The van der Waals surface area contributed by atoms with Crippen LogP contribution >= 0.6 is 0 Å². The van der Waals surface area contributed by atoms with Crippen molar-refractivity contribution < 1.29 is 19.4 Å². The molecule has 3 fully saturated rings. The zero-order valence-corrected chi connectivity index (χ0v) is 20.9. The molecule has 0 amide bonds. The summed E-state index contributed by atoms with van der Waals surface area (Å²) in [4.78, 5) is 24.2. The van der Waals surface area contributed by atoms with Gasteiger partial charge in [-0.15, -0.1) is 0 Å². The fraction of sp³-hybridized carbons (Fsp3) is 0.857. The number of hydrogen-bond acceptors (Lipinski definition) is 4. The smallest absolute Gasteiger partial charge is 0.305 e. The third kappa shape index (κ3) is 3.69. The summed E-state index contributed by atoms with van der Waals surface area (Å²) in [6, 6.07) is 0. The lowest BCUT2D eigenvalue weighted by atomic mass is 9.43. The minimum atomic E-state index is -0.339. The van der Waals surface area contributed by atoms with Crippen LogP contribution in [0.15, 0.2) is 11.6 Å². The Hall–Kier alpha value is -1.16. The first-order valence-electron chi connectivity index (χ1n) is 13.3. The largest absolute Gasteiger partial charge is 0.466 e. The topological polar surface area (TPSA) is 63.6 Å². The zero-order valence-electron chi connectivity index (χ0n) is 20.9. The number of carbonyl (C=O) groups is 2. The van der Waals surface area contributed by atoms with Crippen molar-refractivity contribution in [3.8, 4) is 0 Å². The molecule has 4 rings (SSSR count). The number of ether oxygens (including phenoxy) is 1. The lowest BCUT2D eigenvalue weighted by Crippen LogP contribution is -2.58. The standard InChI is InChI=1S/C28H44O4/c1-6-19-23-16-18(29)12-14-28(23,5)22-13-15-27(4)20(9-10-21(27)25(22)26(19)31)17(3)8-11-24(30)32-7-2/h16-17,19-22,25-26,31H,6-15H2,1-5H3/t17-,19+,20?,21?,22?,25?,26-,27-,28-/m1/s1. The van der Waals surface area contributed by atoms with Gasteiger partial charge in [-0.2, -0.15) is 0 Å². The van der Waals surface area contributed by atoms with E-state index in [1.54, 1.807) is 0 Å². The Morgan fingerprint density at radius 3 is 2.62 bits per heavy atom. The number of aliphatic hydroxyl groups is 1. The summed E-state index contributed by atoms with van der Waals surface area (Å²) < 4.78 is 5.16. The van der Waals surface area contributed by atoms with E-state index in [9.17, 15) is 14.7 Å². The van der Waals surface area contributed by atoms with Crippen LogP contribution in [0.25, 0.3) is 0 Å². The highest BCUT2D eigenvalue weighted by Crippen LogP contribution is 2.68. The number of aliphatic hydroxyl groups excluding tert-OH is 1. The summed E-state index contributed by atoms with van der Waals surface area (Å²) in [5.74, 6) is 2.74. The first kappa shape index (κ1) is 24.0. The maximum absolute atomic E-state index is 12.3. The fourth-order valence-electron chi connectivity index (χ4n) is 8.95. The summed E-state index contributed by atoms with van der Waals surface area (Å²) in [5, 5.41) is 11.7. The van der Waals surface area contributed by atoms with Crippen LogP contribution in [0.5, 0.6) is 0 Å². The van der Waals surface area contributed by atoms with E-state index in [1.807, 2.05) is 13.0 Å². The van der Waals surface area contributed by atoms with E-state index < -0.39 is 0 Å². The highest BCUT2D eigenvalue weighted by Gasteiger charge is 2.63. The Labute approximate surface area is 194 Å². The van der Waals surface area contributed by atoms with Crippen LogP contribution in [0.4, 0.5) is 0 Å². The van der Waals surface area contributed by atoms with Gasteiger partial charge in [0.2, 0.25) is 0 Å². The van der Waals surface area contributed by atoms with Gasteiger partial charge < -0.3 is 9.84 Å². The Morgan fingerprint density at radius 1 is 1.19 bits per heavy atom. The van der Waals surface area contributed by atoms with Gasteiger partial charge in [-0.1, -0.05) is 33.3 Å². The van der Waals surface area contributed by atoms with E-state index in [-0.39, 0.29) is 34.6 Å². The van der Waals surface area contributed by atoms with Gasteiger partial charge in [0, 0.05) is 18.8 Å². The molecular formula is C28H44O4. The van der Waals surface area contributed by atoms with E-state index in [0.29, 0.717) is 49.0 Å². The van der Waals surface area contributed by atoms with Gasteiger partial charge in [0.25, 0.3) is 0 Å². The SMILES string of the molecule is CCOC(=O)CC[C@@H](C)C1CCC2C3C(CC[C@@]21C)[C@@]1(C)CCC(=O)C=C1[C@H](CC)[C@H]3O. The molecule has 180 valence electrons. The number of carbonyl (C=O) groups excluding carboxylic acids is 2. The minimum absolute atomic E-state index is 0.0629. The van der Waals surface area contributed by atoms with Crippen molar-refractivity contribution in [3.63, 3.8) is 0 Å². The average Bonchev–Trinajstić information content (AvgIpc) is 3.11. The molecule has 0 saturated heterocycles. The van der Waals surface area contributed by atoms with E-state index in [4.69, 9.17) is 4.74 Å². The number of hydrogen-bond donors (Lipinski definition) is 1.